The van der Waals surface area contributed by atoms with E-state index in [1.165, 1.54) is 6.08 Å². The van der Waals surface area contributed by atoms with E-state index in [9.17, 15) is 0 Å². The highest BCUT2D eigenvalue weighted by Crippen LogP contribution is 2.00. The summed E-state index contributed by atoms with van der Waals surface area (Å²) in [5.74, 6) is 0. The first-order chi connectivity index (χ1) is 4.83. The van der Waals surface area contributed by atoms with Gasteiger partial charge in [-0.3, -0.25) is 0 Å². The van der Waals surface area contributed by atoms with E-state index in [1.807, 2.05) is 36.1 Å². The van der Waals surface area contributed by atoms with Gasteiger partial charge in [-0.05, 0) is 17.7 Å². The smallest absolute Gasteiger partial charge is 0.0912 e. The molecule has 1 rings (SSSR count). The zero-order chi connectivity index (χ0) is 7.40. The molecule has 1 aromatic rings. The second-order valence-corrected chi connectivity index (χ2v) is 2.07. The molecule has 0 bridgehead atoms. The Kier molecular flexibility index (Phi) is 1.91. The molecule has 0 aliphatic heterocycles. The van der Waals surface area contributed by atoms with Crippen LogP contribution in [0.3, 0.4) is 0 Å². The lowest BCUT2D eigenvalue weighted by atomic mass is 10.3. The molecule has 0 aliphatic carbocycles. The van der Waals surface area contributed by atoms with Crippen LogP contribution in [0, 0.1) is 11.3 Å². The summed E-state index contributed by atoms with van der Waals surface area (Å²) in [6, 6.07) is 3.89. The van der Waals surface area contributed by atoms with Gasteiger partial charge in [0.1, 0.15) is 0 Å². The Labute approximate surface area is 60.0 Å². The Morgan fingerprint density at radius 3 is 3.00 bits per heavy atom. The summed E-state index contributed by atoms with van der Waals surface area (Å²) in [5, 5.41) is 8.19. The number of allylic oxidation sites excluding steroid dienone is 1. The first kappa shape index (κ1) is 6.63. The second-order valence-electron chi connectivity index (χ2n) is 2.07. The first-order valence-electron chi connectivity index (χ1n) is 3.01. The molecular formula is C8H8N2. The van der Waals surface area contributed by atoms with Crippen molar-refractivity contribution >= 4 is 6.08 Å². The quantitative estimate of drug-likeness (QED) is 0.533. The van der Waals surface area contributed by atoms with Crippen LogP contribution in [0.15, 0.2) is 24.5 Å². The number of rotatable bonds is 1. The lowest BCUT2D eigenvalue weighted by Gasteiger charge is -1.82. The molecule has 1 heterocycles. The average molecular weight is 132 g/mol. The van der Waals surface area contributed by atoms with Gasteiger partial charge in [0, 0.05) is 25.5 Å². The van der Waals surface area contributed by atoms with Crippen LogP contribution in [0.2, 0.25) is 0 Å². The fourth-order valence-corrected chi connectivity index (χ4v) is 0.757. The molecule has 1 aromatic heterocycles. The summed E-state index contributed by atoms with van der Waals surface area (Å²) >= 11 is 0. The van der Waals surface area contributed by atoms with Gasteiger partial charge in [-0.15, -0.1) is 0 Å². The summed E-state index contributed by atoms with van der Waals surface area (Å²) in [7, 11) is 1.95. The molecule has 0 spiro atoms. The van der Waals surface area contributed by atoms with Gasteiger partial charge < -0.3 is 4.57 Å². The predicted octanol–water partition coefficient (Wildman–Crippen LogP) is 1.56. The molecule has 2 nitrogen and oxygen atoms in total. The summed E-state index contributed by atoms with van der Waals surface area (Å²) in [6.07, 6.45) is 7.14. The molecule has 0 radical (unpaired) electrons. The van der Waals surface area contributed by atoms with Gasteiger partial charge in [-0.1, -0.05) is 0 Å². The van der Waals surface area contributed by atoms with E-state index in [0.717, 1.165) is 5.56 Å². The molecule has 10 heavy (non-hydrogen) atoms. The molecule has 0 amide bonds. The van der Waals surface area contributed by atoms with Crippen molar-refractivity contribution < 1.29 is 0 Å². The van der Waals surface area contributed by atoms with Crippen LogP contribution in [-0.2, 0) is 7.05 Å². The summed E-state index contributed by atoms with van der Waals surface area (Å²) in [4.78, 5) is 0. The molecule has 0 aliphatic rings. The Hall–Kier alpha value is -1.49. The highest BCUT2D eigenvalue weighted by atomic mass is 14.9. The molecule has 0 fully saturated rings. The van der Waals surface area contributed by atoms with Crippen LogP contribution in [0.1, 0.15) is 5.56 Å². The first-order valence-corrected chi connectivity index (χ1v) is 3.01. The molecule has 0 atom stereocenters. The van der Waals surface area contributed by atoms with Crippen LogP contribution in [0.25, 0.3) is 6.08 Å². The third-order valence-electron chi connectivity index (χ3n) is 1.21. The zero-order valence-electron chi connectivity index (χ0n) is 5.78. The van der Waals surface area contributed by atoms with Gasteiger partial charge in [0.2, 0.25) is 0 Å². The number of hydrogen-bond acceptors (Lipinski definition) is 1. The third-order valence-corrected chi connectivity index (χ3v) is 1.21. The molecule has 0 saturated carbocycles. The maximum Gasteiger partial charge on any atom is 0.0912 e. The van der Waals surface area contributed by atoms with Gasteiger partial charge in [-0.2, -0.15) is 5.26 Å². The monoisotopic (exact) mass is 132 g/mol. The van der Waals surface area contributed by atoms with Gasteiger partial charge in [-0.25, -0.2) is 0 Å². The van der Waals surface area contributed by atoms with Crippen molar-refractivity contribution in [1.82, 2.24) is 4.57 Å². The fourth-order valence-electron chi connectivity index (χ4n) is 0.757. The molecule has 0 aromatic carbocycles. The number of hydrogen-bond donors (Lipinski definition) is 0. The van der Waals surface area contributed by atoms with Crippen LogP contribution in [0.5, 0.6) is 0 Å². The standard InChI is InChI=1S/C8H8N2/c1-10-6-4-8(7-10)3-2-5-9/h2-4,6-7H,1H3/b3-2+. The van der Waals surface area contributed by atoms with E-state index in [2.05, 4.69) is 0 Å². The van der Waals surface area contributed by atoms with Gasteiger partial charge >= 0.3 is 0 Å². The number of nitriles is 1. The topological polar surface area (TPSA) is 28.7 Å². The molecule has 2 heteroatoms. The minimum atomic E-state index is 1.06. The molecular weight excluding hydrogens is 124 g/mol. The van der Waals surface area contributed by atoms with Crippen LogP contribution in [0.4, 0.5) is 0 Å². The average Bonchev–Trinajstić information content (AvgIpc) is 2.31. The van der Waals surface area contributed by atoms with Crippen molar-refractivity contribution in [3.05, 3.63) is 30.1 Å². The van der Waals surface area contributed by atoms with Crippen molar-refractivity contribution in [3.63, 3.8) is 0 Å². The van der Waals surface area contributed by atoms with Crippen molar-refractivity contribution in [1.29, 1.82) is 5.26 Å². The zero-order valence-corrected chi connectivity index (χ0v) is 5.78. The van der Waals surface area contributed by atoms with Crippen molar-refractivity contribution in [2.45, 2.75) is 0 Å². The highest BCUT2D eigenvalue weighted by molar-refractivity contribution is 5.50. The Balaban J connectivity index is 2.78. The minimum Gasteiger partial charge on any atom is -0.357 e. The van der Waals surface area contributed by atoms with Gasteiger partial charge in [0.05, 0.1) is 6.07 Å². The summed E-state index contributed by atoms with van der Waals surface area (Å²) in [5.41, 5.74) is 1.06. The van der Waals surface area contributed by atoms with Crippen molar-refractivity contribution in [3.8, 4) is 6.07 Å². The Morgan fingerprint density at radius 1 is 1.70 bits per heavy atom. The largest absolute Gasteiger partial charge is 0.357 e. The molecule has 0 saturated heterocycles. The van der Waals surface area contributed by atoms with Crippen molar-refractivity contribution in [2.24, 2.45) is 7.05 Å². The van der Waals surface area contributed by atoms with E-state index in [0.29, 0.717) is 0 Å². The minimum absolute atomic E-state index is 1.06. The van der Waals surface area contributed by atoms with E-state index < -0.39 is 0 Å². The van der Waals surface area contributed by atoms with Gasteiger partial charge in [0.25, 0.3) is 0 Å². The maximum atomic E-state index is 8.19. The van der Waals surface area contributed by atoms with E-state index in [1.54, 1.807) is 6.08 Å². The van der Waals surface area contributed by atoms with Crippen molar-refractivity contribution in [2.75, 3.05) is 0 Å². The van der Waals surface area contributed by atoms with Crippen LogP contribution in [-0.4, -0.2) is 4.57 Å². The normalized spacial score (nSPS) is 10.0. The lowest BCUT2D eigenvalue weighted by molar-refractivity contribution is 0.927. The SMILES string of the molecule is Cn1ccc(/C=C/C#N)c1. The summed E-state index contributed by atoms with van der Waals surface area (Å²) < 4.78 is 1.94. The van der Waals surface area contributed by atoms with E-state index in [4.69, 9.17) is 5.26 Å². The second kappa shape index (κ2) is 2.88. The summed E-state index contributed by atoms with van der Waals surface area (Å²) in [6.45, 7) is 0. The number of aromatic nitrogens is 1. The highest BCUT2D eigenvalue weighted by Gasteiger charge is 1.85. The Morgan fingerprint density at radius 2 is 2.50 bits per heavy atom. The van der Waals surface area contributed by atoms with E-state index >= 15 is 0 Å². The van der Waals surface area contributed by atoms with Crippen LogP contribution < -0.4 is 0 Å². The molecule has 0 unspecified atom stereocenters. The number of nitrogens with zero attached hydrogens (tertiary/aromatic N) is 2. The molecule has 0 N–H and O–H groups in total. The van der Waals surface area contributed by atoms with Crippen LogP contribution >= 0.6 is 0 Å². The predicted molar refractivity (Wildman–Crippen MR) is 40.1 cm³/mol. The fraction of sp³-hybridized carbons (Fsp3) is 0.125. The van der Waals surface area contributed by atoms with E-state index in [-0.39, 0.29) is 0 Å². The number of aryl methyl sites for hydroxylation is 1. The molecule has 50 valence electrons. The maximum absolute atomic E-state index is 8.19. The lowest BCUT2D eigenvalue weighted by Crippen LogP contribution is -1.76. The Bertz CT molecular complexity index is 276. The van der Waals surface area contributed by atoms with Gasteiger partial charge in [0.15, 0.2) is 0 Å². The third kappa shape index (κ3) is 1.49.